The van der Waals surface area contributed by atoms with Gasteiger partial charge in [-0.2, -0.15) is 0 Å². The van der Waals surface area contributed by atoms with Crippen molar-refractivity contribution in [2.24, 2.45) is 5.92 Å². The van der Waals surface area contributed by atoms with E-state index in [1.165, 1.54) is 55.2 Å². The van der Waals surface area contributed by atoms with Gasteiger partial charge in [0.05, 0.1) is 26.2 Å². The van der Waals surface area contributed by atoms with Crippen molar-refractivity contribution in [2.45, 2.75) is 38.1 Å². The van der Waals surface area contributed by atoms with Crippen LogP contribution in [0.2, 0.25) is 0 Å². The number of hydrogen-bond donors (Lipinski definition) is 0. The molecule has 0 N–H and O–H groups in total. The molecule has 92 valence electrons. The second-order valence-corrected chi connectivity index (χ2v) is 6.31. The molecular weight excluding hydrogens is 206 g/mol. The molecule has 0 radical (unpaired) electrons. The number of benzene rings is 1. The maximum absolute atomic E-state index is 2.49. The second kappa shape index (κ2) is 4.45. The number of fused-ring (bicyclic) bond motifs is 2. The van der Waals surface area contributed by atoms with Crippen LogP contribution in [0, 0.1) is 5.92 Å². The molecule has 1 nitrogen and oxygen atoms in total. The van der Waals surface area contributed by atoms with Gasteiger partial charge in [-0.15, -0.1) is 0 Å². The van der Waals surface area contributed by atoms with Gasteiger partial charge in [0.15, 0.2) is 0 Å². The van der Waals surface area contributed by atoms with Crippen LogP contribution in [0.5, 0.6) is 0 Å². The van der Waals surface area contributed by atoms with Crippen molar-refractivity contribution in [1.82, 2.24) is 0 Å². The van der Waals surface area contributed by atoms with Gasteiger partial charge in [-0.05, 0) is 24.8 Å². The van der Waals surface area contributed by atoms with E-state index in [2.05, 4.69) is 37.4 Å². The topological polar surface area (TPSA) is 0 Å². The molecule has 1 heteroatoms. The average molecular weight is 230 g/mol. The summed E-state index contributed by atoms with van der Waals surface area (Å²) < 4.78 is 1.37. The molecule has 2 bridgehead atoms. The predicted molar refractivity (Wildman–Crippen MR) is 71.8 cm³/mol. The zero-order chi connectivity index (χ0) is 11.7. The summed E-state index contributed by atoms with van der Waals surface area (Å²) in [6.45, 7) is 2.84. The molecule has 1 aromatic rings. The fourth-order valence-corrected chi connectivity index (χ4v) is 4.08. The third kappa shape index (κ3) is 2.26. The maximum atomic E-state index is 2.49. The van der Waals surface area contributed by atoms with Crippen LogP contribution in [0.3, 0.4) is 0 Å². The number of quaternary nitrogens is 1. The summed E-state index contributed by atoms with van der Waals surface area (Å²) in [6, 6.07) is 11.9. The molecule has 0 aromatic heterocycles. The van der Waals surface area contributed by atoms with E-state index in [1.807, 2.05) is 0 Å². The molecule has 1 aliphatic carbocycles. The molecule has 0 amide bonds. The molecular formula is C16H24N+. The molecule has 2 fully saturated rings. The van der Waals surface area contributed by atoms with Crippen molar-refractivity contribution < 1.29 is 4.48 Å². The zero-order valence-electron chi connectivity index (χ0n) is 10.9. The highest BCUT2D eigenvalue weighted by Crippen LogP contribution is 2.41. The highest BCUT2D eigenvalue weighted by Gasteiger charge is 2.47. The van der Waals surface area contributed by atoms with Crippen molar-refractivity contribution in [3.05, 3.63) is 35.9 Å². The van der Waals surface area contributed by atoms with Gasteiger partial charge in [0.1, 0.15) is 0 Å². The summed E-state index contributed by atoms with van der Waals surface area (Å²) in [4.78, 5) is 0. The van der Waals surface area contributed by atoms with Gasteiger partial charge in [-0.3, -0.25) is 0 Å². The summed E-state index contributed by atoms with van der Waals surface area (Å²) in [5.41, 5.74) is 1.50. The normalized spacial score (nSPS) is 35.4. The molecule has 1 heterocycles. The van der Waals surface area contributed by atoms with Gasteiger partial charge in [-0.1, -0.05) is 30.3 Å². The summed E-state index contributed by atoms with van der Waals surface area (Å²) in [6.07, 6.45) is 7.13. The number of nitrogens with zero attached hydrogens (tertiary/aromatic N) is 1. The minimum absolute atomic E-state index is 0.996. The van der Waals surface area contributed by atoms with Gasteiger partial charge < -0.3 is 4.48 Å². The zero-order valence-corrected chi connectivity index (χ0v) is 10.9. The number of hydrogen-bond acceptors (Lipinski definition) is 0. The van der Waals surface area contributed by atoms with Crippen molar-refractivity contribution in [3.8, 4) is 0 Å². The summed E-state index contributed by atoms with van der Waals surface area (Å²) in [7, 11) is 2.49. The lowest BCUT2D eigenvalue weighted by Gasteiger charge is -2.38. The SMILES string of the molecule is C[N@+]1(CCCc2ccccc2)CC2CCC1C2. The molecule has 2 unspecified atom stereocenters. The van der Waals surface area contributed by atoms with Crippen LogP contribution in [-0.2, 0) is 6.42 Å². The Morgan fingerprint density at radius 1 is 1.18 bits per heavy atom. The minimum Gasteiger partial charge on any atom is -0.323 e. The first kappa shape index (κ1) is 11.3. The first-order valence-electron chi connectivity index (χ1n) is 7.14. The van der Waals surface area contributed by atoms with Gasteiger partial charge >= 0.3 is 0 Å². The highest BCUT2D eigenvalue weighted by molar-refractivity contribution is 5.14. The smallest absolute Gasteiger partial charge is 0.0893 e. The van der Waals surface area contributed by atoms with Crippen molar-refractivity contribution >= 4 is 0 Å². The quantitative estimate of drug-likeness (QED) is 0.697. The monoisotopic (exact) mass is 230 g/mol. The molecule has 0 spiro atoms. The van der Waals surface area contributed by atoms with E-state index in [0.717, 1.165) is 12.0 Å². The Labute approximate surface area is 105 Å². The first-order valence-corrected chi connectivity index (χ1v) is 7.14. The number of aryl methyl sites for hydroxylation is 1. The van der Waals surface area contributed by atoms with E-state index >= 15 is 0 Å². The lowest BCUT2D eigenvalue weighted by molar-refractivity contribution is -0.926. The van der Waals surface area contributed by atoms with Gasteiger partial charge in [0, 0.05) is 18.8 Å². The van der Waals surface area contributed by atoms with Crippen LogP contribution in [0.25, 0.3) is 0 Å². The third-order valence-corrected chi connectivity index (χ3v) is 5.05. The molecule has 2 aliphatic rings. The fraction of sp³-hybridized carbons (Fsp3) is 0.625. The summed E-state index contributed by atoms with van der Waals surface area (Å²) in [5.74, 6) is 1.06. The van der Waals surface area contributed by atoms with Gasteiger partial charge in [-0.25, -0.2) is 0 Å². The van der Waals surface area contributed by atoms with E-state index in [0.29, 0.717) is 0 Å². The molecule has 3 atom stereocenters. The minimum atomic E-state index is 0.996. The Kier molecular flexibility index (Phi) is 2.96. The van der Waals surface area contributed by atoms with Gasteiger partial charge in [0.2, 0.25) is 0 Å². The molecule has 1 saturated heterocycles. The molecule has 3 rings (SSSR count). The van der Waals surface area contributed by atoms with Crippen molar-refractivity contribution in [3.63, 3.8) is 0 Å². The summed E-state index contributed by atoms with van der Waals surface area (Å²) >= 11 is 0. The Morgan fingerprint density at radius 3 is 2.65 bits per heavy atom. The van der Waals surface area contributed by atoms with Crippen molar-refractivity contribution in [2.75, 3.05) is 20.1 Å². The van der Waals surface area contributed by atoms with Crippen LogP contribution in [0.15, 0.2) is 30.3 Å². The van der Waals surface area contributed by atoms with Crippen molar-refractivity contribution in [1.29, 1.82) is 0 Å². The van der Waals surface area contributed by atoms with E-state index in [1.54, 1.807) is 0 Å². The van der Waals surface area contributed by atoms with E-state index in [-0.39, 0.29) is 0 Å². The molecule has 1 aromatic carbocycles. The van der Waals surface area contributed by atoms with E-state index < -0.39 is 0 Å². The fourth-order valence-electron chi connectivity index (χ4n) is 4.08. The highest BCUT2D eigenvalue weighted by atomic mass is 15.4. The van der Waals surface area contributed by atoms with Crippen LogP contribution < -0.4 is 0 Å². The maximum Gasteiger partial charge on any atom is 0.0893 e. The van der Waals surface area contributed by atoms with E-state index in [9.17, 15) is 0 Å². The lowest BCUT2D eigenvalue weighted by Crippen LogP contribution is -2.50. The lowest BCUT2D eigenvalue weighted by atomic mass is 10.1. The number of piperidine rings is 1. The third-order valence-electron chi connectivity index (χ3n) is 5.05. The predicted octanol–water partition coefficient (Wildman–Crippen LogP) is 3.25. The first-order chi connectivity index (χ1) is 8.26. The molecule has 1 saturated carbocycles. The second-order valence-electron chi connectivity index (χ2n) is 6.31. The Hall–Kier alpha value is -0.820. The Balaban J connectivity index is 1.52. The average Bonchev–Trinajstić information content (AvgIpc) is 2.90. The largest absolute Gasteiger partial charge is 0.323 e. The Bertz CT molecular complexity index is 372. The molecule has 1 aliphatic heterocycles. The standard InChI is InChI=1S/C16H24N/c1-17(13-15-9-10-16(17)12-15)11-5-8-14-6-3-2-4-7-14/h2-4,6-7,15-16H,5,8-13H2,1H3/q+1/t15?,16?,17-/m0/s1. The van der Waals surface area contributed by atoms with Crippen LogP contribution in [0.1, 0.15) is 31.2 Å². The van der Waals surface area contributed by atoms with Crippen LogP contribution >= 0.6 is 0 Å². The van der Waals surface area contributed by atoms with Crippen LogP contribution in [-0.4, -0.2) is 30.7 Å². The molecule has 17 heavy (non-hydrogen) atoms. The van der Waals surface area contributed by atoms with Crippen LogP contribution in [0.4, 0.5) is 0 Å². The van der Waals surface area contributed by atoms with E-state index in [4.69, 9.17) is 0 Å². The number of likely N-dealkylation sites (tertiary alicyclic amines) is 1. The number of rotatable bonds is 4. The van der Waals surface area contributed by atoms with Gasteiger partial charge in [0.25, 0.3) is 0 Å². The summed E-state index contributed by atoms with van der Waals surface area (Å²) in [5, 5.41) is 0. The Morgan fingerprint density at radius 2 is 2.00 bits per heavy atom.